The second-order valence-electron chi connectivity index (χ2n) is 12.1. The Bertz CT molecular complexity index is 1440. The number of amides is 8. The molecule has 0 unspecified atom stereocenters. The number of aromatic hydroxyl groups is 1. The van der Waals surface area contributed by atoms with Crippen LogP contribution in [0.25, 0.3) is 0 Å². The van der Waals surface area contributed by atoms with Crippen LogP contribution >= 0.6 is 0 Å². The first-order valence-corrected chi connectivity index (χ1v) is 15.9. The van der Waals surface area contributed by atoms with Crippen LogP contribution in [-0.2, 0) is 49.6 Å². The zero-order valence-corrected chi connectivity index (χ0v) is 28.5. The molecule has 5 atom stereocenters. The van der Waals surface area contributed by atoms with Gasteiger partial charge in [-0.3, -0.25) is 43.2 Å². The molecule has 0 fully saturated rings. The van der Waals surface area contributed by atoms with E-state index in [9.17, 15) is 48.3 Å². The Morgan fingerprint density at radius 3 is 1.78 bits per heavy atom. The molecule has 20 nitrogen and oxygen atoms in total. The summed E-state index contributed by atoms with van der Waals surface area (Å²) in [5.74, 6) is -8.42. The van der Waals surface area contributed by atoms with Gasteiger partial charge in [0.15, 0.2) is 0 Å². The first-order chi connectivity index (χ1) is 23.8. The lowest BCUT2D eigenvalue weighted by Gasteiger charge is -2.26. The van der Waals surface area contributed by atoms with Crippen molar-refractivity contribution in [3.05, 3.63) is 29.8 Å². The quantitative estimate of drug-likeness (QED) is 0.0542. The Morgan fingerprint density at radius 1 is 0.686 bits per heavy atom. The van der Waals surface area contributed by atoms with E-state index in [1.54, 1.807) is 13.8 Å². The number of carboxylic acid groups (broad SMARTS) is 1. The number of rotatable bonds is 22. The van der Waals surface area contributed by atoms with Crippen LogP contribution < -0.4 is 49.1 Å². The molecule has 282 valence electrons. The lowest BCUT2D eigenvalue weighted by molar-refractivity contribution is -0.138. The summed E-state index contributed by atoms with van der Waals surface area (Å²) in [7, 11) is 0. The van der Waals surface area contributed by atoms with E-state index >= 15 is 0 Å². The van der Waals surface area contributed by atoms with E-state index in [0.717, 1.165) is 0 Å². The summed E-state index contributed by atoms with van der Waals surface area (Å²) in [4.78, 5) is 111. The van der Waals surface area contributed by atoms with Crippen molar-refractivity contribution in [2.75, 3.05) is 13.1 Å². The highest BCUT2D eigenvalue weighted by Crippen LogP contribution is 2.12. The van der Waals surface area contributed by atoms with Gasteiger partial charge in [0.25, 0.3) is 0 Å². The number of phenols is 1. The highest BCUT2D eigenvalue weighted by molar-refractivity contribution is 5.98. The van der Waals surface area contributed by atoms with Crippen molar-refractivity contribution < 1.29 is 53.4 Å². The van der Waals surface area contributed by atoms with E-state index in [1.807, 2.05) is 0 Å². The topological polar surface area (TPSA) is 344 Å². The fourth-order valence-corrected chi connectivity index (χ4v) is 4.40. The number of carboxylic acids is 1. The highest BCUT2D eigenvalue weighted by atomic mass is 16.4. The minimum Gasteiger partial charge on any atom is -0.508 e. The monoisotopic (exact) mass is 721 g/mol. The molecule has 0 radical (unpaired) electrons. The molecular weight excluding hydrogens is 674 g/mol. The van der Waals surface area contributed by atoms with Crippen molar-refractivity contribution in [3.63, 3.8) is 0 Å². The van der Waals surface area contributed by atoms with Crippen molar-refractivity contribution >= 4 is 53.2 Å². The van der Waals surface area contributed by atoms with Gasteiger partial charge < -0.3 is 59.3 Å². The largest absolute Gasteiger partial charge is 0.508 e. The van der Waals surface area contributed by atoms with Gasteiger partial charge >= 0.3 is 5.97 Å². The normalized spacial score (nSPS) is 13.7. The van der Waals surface area contributed by atoms with Gasteiger partial charge in [-0.15, -0.1) is 0 Å². The van der Waals surface area contributed by atoms with Crippen molar-refractivity contribution in [1.82, 2.24) is 31.9 Å². The number of benzene rings is 1. The Morgan fingerprint density at radius 2 is 1.24 bits per heavy atom. The van der Waals surface area contributed by atoms with Gasteiger partial charge in [0.2, 0.25) is 47.3 Å². The molecule has 0 saturated carbocycles. The predicted molar refractivity (Wildman–Crippen MR) is 179 cm³/mol. The molecule has 0 aliphatic carbocycles. The van der Waals surface area contributed by atoms with Crippen LogP contribution in [0, 0.1) is 5.92 Å². The smallest absolute Gasteiger partial charge is 0.322 e. The summed E-state index contributed by atoms with van der Waals surface area (Å²) >= 11 is 0. The molecule has 1 rings (SSSR count). The summed E-state index contributed by atoms with van der Waals surface area (Å²) in [6.45, 7) is 3.46. The van der Waals surface area contributed by atoms with Gasteiger partial charge in [-0.25, -0.2) is 0 Å². The molecule has 0 aliphatic rings. The number of hydrogen-bond acceptors (Lipinski definition) is 11. The van der Waals surface area contributed by atoms with Crippen molar-refractivity contribution in [2.45, 2.75) is 83.1 Å². The molecule has 0 saturated heterocycles. The summed E-state index contributed by atoms with van der Waals surface area (Å²) in [6, 6.07) is -1.07. The van der Waals surface area contributed by atoms with Gasteiger partial charge in [0, 0.05) is 12.8 Å². The van der Waals surface area contributed by atoms with Crippen LogP contribution in [0.1, 0.15) is 52.0 Å². The zero-order valence-electron chi connectivity index (χ0n) is 28.5. The highest BCUT2D eigenvalue weighted by Gasteiger charge is 2.32. The number of hydrogen-bond donors (Lipinski definition) is 11. The molecule has 1 aromatic rings. The number of aliphatic carboxylic acids is 1. The number of carbonyl (C=O) groups is 9. The van der Waals surface area contributed by atoms with E-state index in [4.69, 9.17) is 22.3 Å². The molecule has 8 amide bonds. The average molecular weight is 722 g/mol. The molecule has 0 heterocycles. The van der Waals surface area contributed by atoms with E-state index in [0.29, 0.717) is 5.56 Å². The summed E-state index contributed by atoms with van der Waals surface area (Å²) in [5.41, 5.74) is 16.6. The third-order valence-corrected chi connectivity index (χ3v) is 7.03. The number of phenolic OH excluding ortho intramolecular Hbond substituents is 1. The number of primary amides is 2. The first kappa shape index (κ1) is 43.2. The van der Waals surface area contributed by atoms with Gasteiger partial charge in [-0.2, -0.15) is 0 Å². The van der Waals surface area contributed by atoms with Gasteiger partial charge in [-0.1, -0.05) is 26.0 Å². The molecular formula is C31H47N9O11. The number of nitrogens with two attached hydrogens (primary N) is 3. The Kier molecular flexibility index (Phi) is 18.1. The average Bonchev–Trinajstić information content (AvgIpc) is 3.04. The van der Waals surface area contributed by atoms with E-state index < -0.39 is 103 Å². The van der Waals surface area contributed by atoms with Crippen LogP contribution in [0.5, 0.6) is 5.75 Å². The minimum absolute atomic E-state index is 0.0513. The third kappa shape index (κ3) is 17.4. The standard InChI is InChI=1S/C31H47N9O11/c1-15(2)10-20(29(49)37-16(3)27(47)36-14-26(45)46)39-31(51)22(12-24(34)43)40-30(50)21(11-17-4-6-18(41)7-5-17)38-25(44)13-35-28(48)19(32)8-9-23(33)42/h4-7,15-16,19-22,41H,8-14,32H2,1-3H3,(H2,33,42)(H2,34,43)(H,35,48)(H,36,47)(H,37,49)(H,38,44)(H,39,51)(H,40,50)(H,45,46)/t16-,19-,20-,21-,22-/m0/s1. The lowest BCUT2D eigenvalue weighted by atomic mass is 10.0. The fraction of sp³-hybridized carbons (Fsp3) is 0.516. The maximum absolute atomic E-state index is 13.5. The Balaban J connectivity index is 3.16. The molecule has 1 aromatic carbocycles. The third-order valence-electron chi connectivity index (χ3n) is 7.03. The first-order valence-electron chi connectivity index (χ1n) is 15.9. The fourth-order valence-electron chi connectivity index (χ4n) is 4.40. The zero-order chi connectivity index (χ0) is 38.8. The molecule has 0 aliphatic heterocycles. The van der Waals surface area contributed by atoms with Crippen LogP contribution in [0.4, 0.5) is 0 Å². The maximum Gasteiger partial charge on any atom is 0.322 e. The second kappa shape index (κ2) is 21.3. The summed E-state index contributed by atoms with van der Waals surface area (Å²) < 4.78 is 0. The summed E-state index contributed by atoms with van der Waals surface area (Å²) in [6.07, 6.45) is -1.09. The number of nitrogens with one attached hydrogen (secondary N) is 6. The maximum atomic E-state index is 13.5. The molecule has 0 spiro atoms. The van der Waals surface area contributed by atoms with Crippen molar-refractivity contribution in [2.24, 2.45) is 23.1 Å². The predicted octanol–water partition coefficient (Wildman–Crippen LogP) is -4.27. The van der Waals surface area contributed by atoms with Gasteiger partial charge in [0.1, 0.15) is 36.5 Å². The van der Waals surface area contributed by atoms with Crippen LogP contribution in [0.2, 0.25) is 0 Å². The second-order valence-corrected chi connectivity index (χ2v) is 12.1. The minimum atomic E-state index is -1.64. The molecule has 14 N–H and O–H groups in total. The molecule has 51 heavy (non-hydrogen) atoms. The Labute approximate surface area is 293 Å². The summed E-state index contributed by atoms with van der Waals surface area (Å²) in [5, 5.41) is 32.4. The molecule has 0 bridgehead atoms. The van der Waals surface area contributed by atoms with E-state index in [2.05, 4.69) is 31.9 Å². The van der Waals surface area contributed by atoms with Crippen molar-refractivity contribution in [3.8, 4) is 5.75 Å². The Hall–Kier alpha value is -5.79. The molecule has 20 heteroatoms. The number of carbonyl (C=O) groups excluding carboxylic acids is 8. The lowest BCUT2D eigenvalue weighted by Crippen LogP contribution is -2.59. The van der Waals surface area contributed by atoms with Crippen LogP contribution in [-0.4, -0.2) is 107 Å². The van der Waals surface area contributed by atoms with E-state index in [1.165, 1.54) is 31.2 Å². The SMILES string of the molecule is CC(C)C[C@H](NC(=O)[C@H](CC(N)=O)NC(=O)[C@H](Cc1ccc(O)cc1)NC(=O)CNC(=O)[C@@H](N)CCC(N)=O)C(=O)N[C@@H](C)C(=O)NCC(=O)O. The van der Waals surface area contributed by atoms with Crippen LogP contribution in [0.15, 0.2) is 24.3 Å². The molecule has 0 aromatic heterocycles. The van der Waals surface area contributed by atoms with Gasteiger partial charge in [0.05, 0.1) is 19.0 Å². The van der Waals surface area contributed by atoms with Gasteiger partial charge in [-0.05, 0) is 43.4 Å². The van der Waals surface area contributed by atoms with Crippen LogP contribution in [0.3, 0.4) is 0 Å². The van der Waals surface area contributed by atoms with E-state index in [-0.39, 0.29) is 37.4 Å². The van der Waals surface area contributed by atoms with Crippen molar-refractivity contribution in [1.29, 1.82) is 0 Å².